The molecular weight excluding hydrogens is 390 g/mol. The number of hydrogen-bond acceptors (Lipinski definition) is 9. The number of aryl methyl sites for hydroxylation is 1. The molecule has 0 atom stereocenters. The summed E-state index contributed by atoms with van der Waals surface area (Å²) in [7, 11) is 0. The molecule has 29 heavy (non-hydrogen) atoms. The second kappa shape index (κ2) is 8.50. The van der Waals surface area contributed by atoms with Gasteiger partial charge in [0, 0.05) is 31.5 Å². The Morgan fingerprint density at radius 3 is 2.86 bits per heavy atom. The van der Waals surface area contributed by atoms with E-state index in [4.69, 9.17) is 20.3 Å². The number of ether oxygens (including phenoxy) is 2. The highest BCUT2D eigenvalue weighted by molar-refractivity contribution is 7.10. The third-order valence-electron chi connectivity index (χ3n) is 4.49. The van der Waals surface area contributed by atoms with Crippen molar-refractivity contribution in [2.75, 3.05) is 18.5 Å². The first-order valence-electron chi connectivity index (χ1n) is 9.23. The summed E-state index contributed by atoms with van der Waals surface area (Å²) in [5, 5.41) is 19.1. The van der Waals surface area contributed by atoms with Gasteiger partial charge in [0.1, 0.15) is 16.6 Å². The van der Waals surface area contributed by atoms with Crippen LogP contribution in [0.3, 0.4) is 0 Å². The molecule has 1 aliphatic rings. The van der Waals surface area contributed by atoms with Crippen LogP contribution in [0.25, 0.3) is 16.7 Å². The first kappa shape index (κ1) is 19.2. The Labute approximate surface area is 171 Å². The van der Waals surface area contributed by atoms with Crippen LogP contribution < -0.4 is 10.1 Å². The average molecular weight is 411 g/mol. The Bertz CT molecular complexity index is 1070. The van der Waals surface area contributed by atoms with Gasteiger partial charge in [0.2, 0.25) is 11.8 Å². The fourth-order valence-electron chi connectivity index (χ4n) is 3.13. The molecule has 1 aliphatic heterocycles. The second-order valence-electron chi connectivity index (χ2n) is 6.56. The van der Waals surface area contributed by atoms with Crippen molar-refractivity contribution in [2.45, 2.75) is 25.9 Å². The van der Waals surface area contributed by atoms with Crippen LogP contribution in [0.1, 0.15) is 18.5 Å². The third kappa shape index (κ3) is 4.17. The molecule has 10 heteroatoms. The van der Waals surface area contributed by atoms with Crippen molar-refractivity contribution in [3.8, 4) is 5.88 Å². The molecule has 3 aromatic rings. The van der Waals surface area contributed by atoms with Crippen LogP contribution in [0.15, 0.2) is 24.4 Å². The zero-order valence-electron chi connectivity index (χ0n) is 15.9. The normalized spacial score (nSPS) is 15.4. The van der Waals surface area contributed by atoms with Crippen LogP contribution in [-0.2, 0) is 4.74 Å². The van der Waals surface area contributed by atoms with Gasteiger partial charge in [-0.05, 0) is 36.7 Å². The van der Waals surface area contributed by atoms with E-state index in [1.54, 1.807) is 10.8 Å². The fraction of sp³-hybridized carbons (Fsp3) is 0.316. The molecule has 0 bridgehead atoms. The van der Waals surface area contributed by atoms with Gasteiger partial charge in [-0.15, -0.1) is 0 Å². The van der Waals surface area contributed by atoms with E-state index < -0.39 is 0 Å². The predicted octanol–water partition coefficient (Wildman–Crippen LogP) is 3.64. The Kier molecular flexibility index (Phi) is 5.63. The molecule has 9 nitrogen and oxygen atoms in total. The van der Waals surface area contributed by atoms with Crippen LogP contribution in [0.4, 0.5) is 10.9 Å². The lowest BCUT2D eigenvalue weighted by Gasteiger charge is -2.23. The smallest absolute Gasteiger partial charge is 0.244 e. The zero-order chi connectivity index (χ0) is 20.2. The summed E-state index contributed by atoms with van der Waals surface area (Å²) < 4.78 is 17.7. The maximum Gasteiger partial charge on any atom is 0.244 e. The number of fused-ring (bicyclic) bond motifs is 1. The molecule has 0 aliphatic carbocycles. The topological polar surface area (TPSA) is 122 Å². The van der Waals surface area contributed by atoms with E-state index in [-0.39, 0.29) is 6.10 Å². The van der Waals surface area contributed by atoms with Gasteiger partial charge in [-0.1, -0.05) is 0 Å². The Balaban J connectivity index is 1.78. The van der Waals surface area contributed by atoms with Gasteiger partial charge in [-0.2, -0.15) is 9.36 Å². The summed E-state index contributed by atoms with van der Waals surface area (Å²) in [4.78, 5) is 9.23. The number of aromatic nitrogens is 4. The van der Waals surface area contributed by atoms with Crippen molar-refractivity contribution in [1.82, 2.24) is 18.9 Å². The number of nitrogens with zero attached hydrogens (tertiary/aromatic N) is 4. The monoisotopic (exact) mass is 411 g/mol. The van der Waals surface area contributed by atoms with Gasteiger partial charge >= 0.3 is 0 Å². The Morgan fingerprint density at radius 2 is 2.17 bits per heavy atom. The van der Waals surface area contributed by atoms with Crippen LogP contribution in [-0.4, -0.2) is 50.7 Å². The minimum absolute atomic E-state index is 0.00107. The van der Waals surface area contributed by atoms with Gasteiger partial charge in [0.25, 0.3) is 0 Å². The highest BCUT2D eigenvalue weighted by Gasteiger charge is 2.21. The molecular formula is C19H21N7O2S. The Hall–Kier alpha value is -3.11. The van der Waals surface area contributed by atoms with Crippen molar-refractivity contribution < 1.29 is 9.47 Å². The number of hydrogen-bond donors (Lipinski definition) is 3. The SMILES string of the molecule is Cc1cc(Nc2nc(OC3CCOCC3)c3c(ccn3/C(C=N)=C/C=N)n2)sn1. The molecule has 1 saturated heterocycles. The van der Waals surface area contributed by atoms with E-state index in [0.29, 0.717) is 41.8 Å². The molecule has 4 heterocycles. The molecule has 3 aromatic heterocycles. The first-order valence-corrected chi connectivity index (χ1v) is 10.0. The van der Waals surface area contributed by atoms with Gasteiger partial charge in [0.05, 0.1) is 30.1 Å². The van der Waals surface area contributed by atoms with Crippen molar-refractivity contribution in [3.63, 3.8) is 0 Å². The molecule has 150 valence electrons. The average Bonchev–Trinajstić information content (AvgIpc) is 3.33. The minimum atomic E-state index is -0.00107. The zero-order valence-corrected chi connectivity index (χ0v) is 16.7. The van der Waals surface area contributed by atoms with Crippen molar-refractivity contribution in [2.24, 2.45) is 0 Å². The van der Waals surface area contributed by atoms with Crippen molar-refractivity contribution in [3.05, 3.63) is 30.1 Å². The summed E-state index contributed by atoms with van der Waals surface area (Å²) in [5.74, 6) is 0.863. The van der Waals surface area contributed by atoms with Crippen molar-refractivity contribution >= 4 is 51.6 Å². The lowest BCUT2D eigenvalue weighted by Crippen LogP contribution is -2.26. The van der Waals surface area contributed by atoms with E-state index >= 15 is 0 Å². The minimum Gasteiger partial charge on any atom is -0.473 e. The van der Waals surface area contributed by atoms with E-state index in [0.717, 1.165) is 29.8 Å². The molecule has 3 N–H and O–H groups in total. The highest BCUT2D eigenvalue weighted by Crippen LogP contribution is 2.31. The van der Waals surface area contributed by atoms with Gasteiger partial charge in [0.15, 0.2) is 0 Å². The van der Waals surface area contributed by atoms with Crippen LogP contribution >= 0.6 is 11.5 Å². The van der Waals surface area contributed by atoms with Gasteiger partial charge in [-0.3, -0.25) is 0 Å². The largest absolute Gasteiger partial charge is 0.473 e. The maximum atomic E-state index is 7.70. The molecule has 1 fully saturated rings. The van der Waals surface area contributed by atoms with Crippen LogP contribution in [0, 0.1) is 17.7 Å². The lowest BCUT2D eigenvalue weighted by molar-refractivity contribution is 0.0243. The Morgan fingerprint density at radius 1 is 1.34 bits per heavy atom. The van der Waals surface area contributed by atoms with Gasteiger partial charge < -0.3 is 30.2 Å². The molecule has 0 amide bonds. The predicted molar refractivity (Wildman–Crippen MR) is 114 cm³/mol. The summed E-state index contributed by atoms with van der Waals surface area (Å²) in [6.45, 7) is 3.25. The lowest BCUT2D eigenvalue weighted by atomic mass is 10.1. The van der Waals surface area contributed by atoms with Gasteiger partial charge in [-0.25, -0.2) is 4.98 Å². The van der Waals surface area contributed by atoms with E-state index in [1.807, 2.05) is 19.1 Å². The summed E-state index contributed by atoms with van der Waals surface area (Å²) in [6, 6.07) is 3.78. The summed E-state index contributed by atoms with van der Waals surface area (Å²) in [6.07, 6.45) is 7.25. The standard InChI is InChI=1S/C19H21N7O2S/c1-12-10-16(29-25-12)23-19-22-15-3-7-26(13(11-21)2-6-20)17(15)18(24-19)28-14-4-8-27-9-5-14/h2-3,6-7,10-11,14,20-21H,4-5,8-9H2,1H3,(H,22,23,24)/b13-2+,20-6?,21-11?. The third-order valence-corrected chi connectivity index (χ3v) is 5.29. The van der Waals surface area contributed by atoms with Crippen molar-refractivity contribution in [1.29, 1.82) is 10.8 Å². The molecule has 0 aromatic carbocycles. The first-order chi connectivity index (χ1) is 14.2. The summed E-state index contributed by atoms with van der Waals surface area (Å²) >= 11 is 1.34. The second-order valence-corrected chi connectivity index (χ2v) is 7.37. The number of anilines is 2. The number of rotatable bonds is 7. The van der Waals surface area contributed by atoms with Crippen LogP contribution in [0.5, 0.6) is 5.88 Å². The number of nitrogens with one attached hydrogen (secondary N) is 3. The van der Waals surface area contributed by atoms with E-state index in [2.05, 4.69) is 19.7 Å². The maximum absolute atomic E-state index is 7.70. The summed E-state index contributed by atoms with van der Waals surface area (Å²) in [5.41, 5.74) is 2.80. The fourth-order valence-corrected chi connectivity index (χ4v) is 3.79. The molecule has 0 saturated carbocycles. The quantitative estimate of drug-likeness (QED) is 0.510. The molecule has 0 unspecified atom stereocenters. The molecule has 0 spiro atoms. The molecule has 4 rings (SSSR count). The van der Waals surface area contributed by atoms with E-state index in [9.17, 15) is 0 Å². The number of allylic oxidation sites excluding steroid dienone is 2. The molecule has 0 radical (unpaired) electrons. The van der Waals surface area contributed by atoms with E-state index in [1.165, 1.54) is 23.8 Å². The highest BCUT2D eigenvalue weighted by atomic mass is 32.1. The van der Waals surface area contributed by atoms with Crippen LogP contribution in [0.2, 0.25) is 0 Å².